The van der Waals surface area contributed by atoms with Crippen LogP contribution < -0.4 is 10.6 Å². The summed E-state index contributed by atoms with van der Waals surface area (Å²) >= 11 is 0. The first-order chi connectivity index (χ1) is 9.52. The maximum absolute atomic E-state index is 12.3. The van der Waals surface area contributed by atoms with Gasteiger partial charge in [0.15, 0.2) is 5.54 Å². The Morgan fingerprint density at radius 2 is 1.90 bits per heavy atom. The lowest BCUT2D eigenvalue weighted by molar-refractivity contribution is -0.148. The zero-order chi connectivity index (χ0) is 14.6. The quantitative estimate of drug-likeness (QED) is 0.690. The second-order valence-electron chi connectivity index (χ2n) is 6.01. The van der Waals surface area contributed by atoms with Crippen molar-refractivity contribution >= 4 is 11.9 Å². The van der Waals surface area contributed by atoms with Crippen molar-refractivity contribution in [1.82, 2.24) is 10.6 Å². The predicted molar refractivity (Wildman–Crippen MR) is 73.4 cm³/mol. The van der Waals surface area contributed by atoms with Crippen LogP contribution in [-0.2, 0) is 14.3 Å². The van der Waals surface area contributed by atoms with E-state index in [9.17, 15) is 14.7 Å². The van der Waals surface area contributed by atoms with Crippen molar-refractivity contribution in [2.24, 2.45) is 0 Å². The first-order valence-electron chi connectivity index (χ1n) is 7.33. The van der Waals surface area contributed by atoms with Crippen molar-refractivity contribution in [3.63, 3.8) is 0 Å². The van der Waals surface area contributed by atoms with E-state index in [2.05, 4.69) is 10.6 Å². The number of carboxylic acid groups (broad SMARTS) is 1. The summed E-state index contributed by atoms with van der Waals surface area (Å²) in [4.78, 5) is 23.7. The predicted octanol–water partition coefficient (Wildman–Crippen LogP) is 0.659. The highest BCUT2D eigenvalue weighted by Crippen LogP contribution is 2.31. The van der Waals surface area contributed by atoms with E-state index in [1.807, 2.05) is 7.05 Å². The molecule has 0 aromatic carbocycles. The van der Waals surface area contributed by atoms with Crippen LogP contribution in [0.3, 0.4) is 0 Å². The van der Waals surface area contributed by atoms with E-state index >= 15 is 0 Å². The molecule has 1 atom stereocenters. The number of ether oxygens (including phenoxy) is 1. The fourth-order valence-corrected chi connectivity index (χ4v) is 3.25. The lowest BCUT2D eigenvalue weighted by atomic mass is 9.79. The van der Waals surface area contributed by atoms with Gasteiger partial charge in [0.2, 0.25) is 5.91 Å². The third-order valence-corrected chi connectivity index (χ3v) is 4.65. The number of hydrogen-bond acceptors (Lipinski definition) is 4. The molecule has 1 saturated carbocycles. The van der Waals surface area contributed by atoms with E-state index in [1.165, 1.54) is 6.42 Å². The largest absolute Gasteiger partial charge is 0.479 e. The van der Waals surface area contributed by atoms with Gasteiger partial charge in [-0.15, -0.1) is 0 Å². The van der Waals surface area contributed by atoms with E-state index in [0.717, 1.165) is 25.7 Å². The molecular weight excluding hydrogens is 260 g/mol. The van der Waals surface area contributed by atoms with Crippen LogP contribution in [0.4, 0.5) is 0 Å². The van der Waals surface area contributed by atoms with Gasteiger partial charge < -0.3 is 20.5 Å². The van der Waals surface area contributed by atoms with Crippen molar-refractivity contribution in [2.45, 2.75) is 56.0 Å². The summed E-state index contributed by atoms with van der Waals surface area (Å²) < 4.78 is 5.15. The average Bonchev–Trinajstić information content (AvgIpc) is 2.89. The monoisotopic (exact) mass is 284 g/mol. The van der Waals surface area contributed by atoms with Gasteiger partial charge in [0.25, 0.3) is 0 Å². The Morgan fingerprint density at radius 1 is 1.20 bits per heavy atom. The molecule has 1 unspecified atom stereocenters. The van der Waals surface area contributed by atoms with Crippen LogP contribution >= 0.6 is 0 Å². The zero-order valence-corrected chi connectivity index (χ0v) is 12.0. The number of amides is 1. The van der Waals surface area contributed by atoms with Crippen LogP contribution in [0.2, 0.25) is 0 Å². The summed E-state index contributed by atoms with van der Waals surface area (Å²) in [6.07, 6.45) is 6.03. The van der Waals surface area contributed by atoms with E-state index in [-0.39, 0.29) is 18.1 Å². The molecule has 1 heterocycles. The van der Waals surface area contributed by atoms with Crippen LogP contribution in [0.1, 0.15) is 44.9 Å². The summed E-state index contributed by atoms with van der Waals surface area (Å²) in [5.74, 6) is -1.21. The molecule has 1 aliphatic heterocycles. The second-order valence-corrected chi connectivity index (χ2v) is 6.01. The average molecular weight is 284 g/mol. The summed E-state index contributed by atoms with van der Waals surface area (Å²) in [7, 11) is 1.88. The molecular formula is C14H24N2O4. The van der Waals surface area contributed by atoms with E-state index in [1.54, 1.807) is 0 Å². The minimum Gasteiger partial charge on any atom is -0.479 e. The van der Waals surface area contributed by atoms with Crippen molar-refractivity contribution < 1.29 is 19.4 Å². The highest BCUT2D eigenvalue weighted by atomic mass is 16.5. The number of rotatable bonds is 5. The van der Waals surface area contributed by atoms with Crippen molar-refractivity contribution in [2.75, 3.05) is 20.3 Å². The molecule has 2 aliphatic rings. The van der Waals surface area contributed by atoms with Crippen LogP contribution in [-0.4, -0.2) is 48.3 Å². The summed E-state index contributed by atoms with van der Waals surface area (Å²) in [5.41, 5.74) is -1.41. The molecule has 2 fully saturated rings. The van der Waals surface area contributed by atoms with Gasteiger partial charge in [-0.1, -0.05) is 19.3 Å². The molecule has 1 amide bonds. The highest BCUT2D eigenvalue weighted by Gasteiger charge is 2.45. The van der Waals surface area contributed by atoms with Crippen molar-refractivity contribution in [3.8, 4) is 0 Å². The standard InChI is InChI=1S/C14H24N2O4/c1-15-13(5-3-2-4-6-13)9-11(17)16-14(12(18)19)7-8-20-10-14/h15H,2-10H2,1H3,(H,16,17)(H,18,19). The summed E-state index contributed by atoms with van der Waals surface area (Å²) in [5, 5.41) is 15.3. The molecule has 114 valence electrons. The molecule has 1 saturated heterocycles. The first-order valence-corrected chi connectivity index (χ1v) is 7.33. The Labute approximate surface area is 119 Å². The Balaban J connectivity index is 1.98. The molecule has 6 heteroatoms. The Morgan fingerprint density at radius 3 is 2.40 bits per heavy atom. The summed E-state index contributed by atoms with van der Waals surface area (Å²) in [6, 6.07) is 0. The minimum atomic E-state index is -1.24. The van der Waals surface area contributed by atoms with Gasteiger partial charge in [0.05, 0.1) is 6.61 Å². The maximum Gasteiger partial charge on any atom is 0.331 e. The molecule has 0 spiro atoms. The SMILES string of the molecule is CNC1(CC(=O)NC2(C(=O)O)CCOC2)CCCCC1. The summed E-state index contributed by atoms with van der Waals surface area (Å²) in [6.45, 7) is 0.435. The van der Waals surface area contributed by atoms with Gasteiger partial charge in [-0.2, -0.15) is 0 Å². The van der Waals surface area contributed by atoms with E-state index in [0.29, 0.717) is 19.4 Å². The fourth-order valence-electron chi connectivity index (χ4n) is 3.25. The number of hydrogen-bond donors (Lipinski definition) is 3. The smallest absolute Gasteiger partial charge is 0.331 e. The maximum atomic E-state index is 12.3. The van der Waals surface area contributed by atoms with Gasteiger partial charge in [0.1, 0.15) is 0 Å². The van der Waals surface area contributed by atoms with Crippen LogP contribution in [0.25, 0.3) is 0 Å². The van der Waals surface area contributed by atoms with E-state index < -0.39 is 11.5 Å². The van der Waals surface area contributed by atoms with Crippen LogP contribution in [0.15, 0.2) is 0 Å². The Bertz CT molecular complexity index is 371. The van der Waals surface area contributed by atoms with Crippen LogP contribution in [0, 0.1) is 0 Å². The zero-order valence-electron chi connectivity index (χ0n) is 12.0. The van der Waals surface area contributed by atoms with Crippen molar-refractivity contribution in [3.05, 3.63) is 0 Å². The molecule has 0 radical (unpaired) electrons. The van der Waals surface area contributed by atoms with Gasteiger partial charge in [-0.05, 0) is 19.9 Å². The second kappa shape index (κ2) is 6.10. The molecule has 0 bridgehead atoms. The molecule has 3 N–H and O–H groups in total. The minimum absolute atomic E-state index is 0.0562. The number of aliphatic carboxylic acids is 1. The molecule has 20 heavy (non-hydrogen) atoms. The fraction of sp³-hybridized carbons (Fsp3) is 0.857. The number of carbonyl (C=O) groups excluding carboxylic acids is 1. The molecule has 0 aromatic heterocycles. The molecule has 2 rings (SSSR count). The normalized spacial score (nSPS) is 29.1. The molecule has 6 nitrogen and oxygen atoms in total. The number of carboxylic acids is 1. The Kier molecular flexibility index (Phi) is 4.65. The number of carbonyl (C=O) groups is 2. The van der Waals surface area contributed by atoms with Gasteiger partial charge in [0, 0.05) is 25.0 Å². The third-order valence-electron chi connectivity index (χ3n) is 4.65. The first kappa shape index (κ1) is 15.3. The Hall–Kier alpha value is -1.14. The molecule has 0 aromatic rings. The van der Waals surface area contributed by atoms with Crippen LogP contribution in [0.5, 0.6) is 0 Å². The third kappa shape index (κ3) is 3.12. The van der Waals surface area contributed by atoms with Gasteiger partial charge in [-0.3, -0.25) is 4.79 Å². The van der Waals surface area contributed by atoms with E-state index in [4.69, 9.17) is 4.74 Å². The van der Waals surface area contributed by atoms with Gasteiger partial charge >= 0.3 is 5.97 Å². The topological polar surface area (TPSA) is 87.7 Å². The van der Waals surface area contributed by atoms with Crippen molar-refractivity contribution in [1.29, 1.82) is 0 Å². The number of nitrogens with one attached hydrogen (secondary N) is 2. The lowest BCUT2D eigenvalue weighted by Crippen LogP contribution is -2.57. The highest BCUT2D eigenvalue weighted by molar-refractivity contribution is 5.87. The lowest BCUT2D eigenvalue weighted by Gasteiger charge is -2.37. The molecule has 1 aliphatic carbocycles. The van der Waals surface area contributed by atoms with Gasteiger partial charge in [-0.25, -0.2) is 4.79 Å².